The first-order chi connectivity index (χ1) is 8.20. The lowest BCUT2D eigenvalue weighted by Crippen LogP contribution is -2.02. The lowest BCUT2D eigenvalue weighted by Gasteiger charge is -2.10. The summed E-state index contributed by atoms with van der Waals surface area (Å²) in [4.78, 5) is 0. The van der Waals surface area contributed by atoms with E-state index in [1.165, 1.54) is 18.2 Å². The standard InChI is InChI=1S/C13H16F2O2/c1-3-5-9-17-11-7-6-10(16-8-4-2)12(14)13(11)15/h4,6-7H,2-3,5,8-9H2,1H3. The van der Waals surface area contributed by atoms with E-state index in [1.54, 1.807) is 0 Å². The van der Waals surface area contributed by atoms with E-state index in [0.29, 0.717) is 6.61 Å². The molecule has 94 valence electrons. The average Bonchev–Trinajstić information content (AvgIpc) is 2.34. The van der Waals surface area contributed by atoms with Crippen molar-refractivity contribution in [1.29, 1.82) is 0 Å². The zero-order valence-corrected chi connectivity index (χ0v) is 9.84. The second-order valence-electron chi connectivity index (χ2n) is 3.49. The molecule has 0 aliphatic carbocycles. The summed E-state index contributed by atoms with van der Waals surface area (Å²) in [7, 11) is 0. The Kier molecular flexibility index (Phi) is 5.46. The van der Waals surface area contributed by atoms with Crippen LogP contribution in [0, 0.1) is 11.6 Å². The zero-order chi connectivity index (χ0) is 12.7. The smallest absolute Gasteiger partial charge is 0.204 e. The van der Waals surface area contributed by atoms with Gasteiger partial charge in [0.15, 0.2) is 11.5 Å². The van der Waals surface area contributed by atoms with E-state index in [1.807, 2.05) is 6.92 Å². The van der Waals surface area contributed by atoms with E-state index in [9.17, 15) is 8.78 Å². The number of benzene rings is 1. The fourth-order valence-corrected chi connectivity index (χ4v) is 1.21. The molecule has 0 amide bonds. The van der Waals surface area contributed by atoms with Crippen LogP contribution in [0.5, 0.6) is 11.5 Å². The van der Waals surface area contributed by atoms with Crippen molar-refractivity contribution in [3.8, 4) is 11.5 Å². The third-order valence-corrected chi connectivity index (χ3v) is 2.12. The maximum absolute atomic E-state index is 13.5. The molecule has 0 heterocycles. The Labute approximate surface area is 99.9 Å². The number of unbranched alkanes of at least 4 members (excludes halogenated alkanes) is 1. The van der Waals surface area contributed by atoms with Gasteiger partial charge in [0, 0.05) is 0 Å². The van der Waals surface area contributed by atoms with Crippen molar-refractivity contribution < 1.29 is 18.3 Å². The van der Waals surface area contributed by atoms with Gasteiger partial charge in [0.05, 0.1) is 6.61 Å². The third kappa shape index (κ3) is 3.73. The molecule has 0 bridgehead atoms. The molecule has 4 heteroatoms. The lowest BCUT2D eigenvalue weighted by molar-refractivity contribution is 0.280. The fourth-order valence-electron chi connectivity index (χ4n) is 1.21. The summed E-state index contributed by atoms with van der Waals surface area (Å²) >= 11 is 0. The van der Waals surface area contributed by atoms with Gasteiger partial charge in [-0.15, -0.1) is 0 Å². The maximum atomic E-state index is 13.5. The number of halogens is 2. The van der Waals surface area contributed by atoms with Gasteiger partial charge in [-0.05, 0) is 18.6 Å². The molecular formula is C13H16F2O2. The zero-order valence-electron chi connectivity index (χ0n) is 9.84. The largest absolute Gasteiger partial charge is 0.490 e. The predicted molar refractivity (Wildman–Crippen MR) is 62.5 cm³/mol. The minimum atomic E-state index is -1.03. The topological polar surface area (TPSA) is 18.5 Å². The molecule has 0 unspecified atom stereocenters. The van der Waals surface area contributed by atoms with Crippen molar-refractivity contribution in [3.05, 3.63) is 36.4 Å². The van der Waals surface area contributed by atoms with Crippen molar-refractivity contribution in [3.63, 3.8) is 0 Å². The predicted octanol–water partition coefficient (Wildman–Crippen LogP) is 3.71. The molecule has 0 atom stereocenters. The van der Waals surface area contributed by atoms with Gasteiger partial charge in [-0.3, -0.25) is 0 Å². The van der Waals surface area contributed by atoms with Gasteiger partial charge in [-0.2, -0.15) is 8.78 Å². The fraction of sp³-hybridized carbons (Fsp3) is 0.385. The Balaban J connectivity index is 2.75. The van der Waals surface area contributed by atoms with Crippen LogP contribution in [0.3, 0.4) is 0 Å². The summed E-state index contributed by atoms with van der Waals surface area (Å²) in [6, 6.07) is 2.72. The Morgan fingerprint density at radius 2 is 1.76 bits per heavy atom. The van der Waals surface area contributed by atoms with Gasteiger partial charge in [0.2, 0.25) is 11.6 Å². The molecule has 1 rings (SSSR count). The van der Waals surface area contributed by atoms with Gasteiger partial charge in [-0.25, -0.2) is 0 Å². The van der Waals surface area contributed by atoms with Gasteiger partial charge in [-0.1, -0.05) is 26.0 Å². The Hall–Kier alpha value is -1.58. The van der Waals surface area contributed by atoms with E-state index >= 15 is 0 Å². The highest BCUT2D eigenvalue weighted by Gasteiger charge is 2.15. The summed E-state index contributed by atoms with van der Waals surface area (Å²) in [5.74, 6) is -2.25. The van der Waals surface area contributed by atoms with Crippen LogP contribution < -0.4 is 9.47 Å². The molecule has 0 saturated carbocycles. The lowest BCUT2D eigenvalue weighted by atomic mass is 10.3. The van der Waals surface area contributed by atoms with Crippen LogP contribution in [-0.2, 0) is 0 Å². The molecule has 2 nitrogen and oxygen atoms in total. The van der Waals surface area contributed by atoms with Crippen molar-refractivity contribution in [2.24, 2.45) is 0 Å². The average molecular weight is 242 g/mol. The minimum absolute atomic E-state index is 0.0816. The van der Waals surface area contributed by atoms with Gasteiger partial charge < -0.3 is 9.47 Å². The second-order valence-corrected chi connectivity index (χ2v) is 3.49. The highest BCUT2D eigenvalue weighted by atomic mass is 19.2. The van der Waals surface area contributed by atoms with Crippen LogP contribution in [0.25, 0.3) is 0 Å². The molecule has 0 spiro atoms. The minimum Gasteiger partial charge on any atom is -0.490 e. The maximum Gasteiger partial charge on any atom is 0.204 e. The Morgan fingerprint density at radius 3 is 2.29 bits per heavy atom. The van der Waals surface area contributed by atoms with E-state index in [2.05, 4.69) is 6.58 Å². The van der Waals surface area contributed by atoms with Gasteiger partial charge in [0.25, 0.3) is 0 Å². The summed E-state index contributed by atoms with van der Waals surface area (Å²) in [6.45, 7) is 5.93. The second kappa shape index (κ2) is 6.89. The molecule has 0 saturated heterocycles. The van der Waals surface area contributed by atoms with E-state index in [0.717, 1.165) is 12.8 Å². The monoisotopic (exact) mass is 242 g/mol. The van der Waals surface area contributed by atoms with Crippen molar-refractivity contribution in [2.75, 3.05) is 13.2 Å². The molecule has 0 aliphatic rings. The van der Waals surface area contributed by atoms with Crippen molar-refractivity contribution in [2.45, 2.75) is 19.8 Å². The molecular weight excluding hydrogens is 226 g/mol. The molecule has 1 aromatic carbocycles. The first-order valence-corrected chi connectivity index (χ1v) is 5.55. The van der Waals surface area contributed by atoms with Crippen LogP contribution in [-0.4, -0.2) is 13.2 Å². The van der Waals surface area contributed by atoms with Crippen LogP contribution >= 0.6 is 0 Å². The Bertz CT molecular complexity index is 378. The number of rotatable bonds is 7. The first kappa shape index (κ1) is 13.5. The normalized spacial score (nSPS) is 10.1. The van der Waals surface area contributed by atoms with E-state index in [-0.39, 0.29) is 18.1 Å². The highest BCUT2D eigenvalue weighted by Crippen LogP contribution is 2.27. The SMILES string of the molecule is C=CCOc1ccc(OCCCC)c(F)c1F. The molecule has 17 heavy (non-hydrogen) atoms. The van der Waals surface area contributed by atoms with Gasteiger partial charge in [0.1, 0.15) is 6.61 Å². The summed E-state index contributed by atoms with van der Waals surface area (Å²) in [5.41, 5.74) is 0. The summed E-state index contributed by atoms with van der Waals surface area (Å²) < 4.78 is 37.1. The van der Waals surface area contributed by atoms with Crippen LogP contribution in [0.15, 0.2) is 24.8 Å². The number of hydrogen-bond donors (Lipinski definition) is 0. The van der Waals surface area contributed by atoms with Crippen LogP contribution in [0.1, 0.15) is 19.8 Å². The molecule has 0 aliphatic heterocycles. The molecule has 0 aromatic heterocycles. The van der Waals surface area contributed by atoms with E-state index in [4.69, 9.17) is 9.47 Å². The quantitative estimate of drug-likeness (QED) is 0.536. The molecule has 0 radical (unpaired) electrons. The van der Waals surface area contributed by atoms with Crippen molar-refractivity contribution in [1.82, 2.24) is 0 Å². The molecule has 1 aromatic rings. The molecule has 0 N–H and O–H groups in total. The van der Waals surface area contributed by atoms with Crippen molar-refractivity contribution >= 4 is 0 Å². The van der Waals surface area contributed by atoms with E-state index < -0.39 is 11.6 Å². The first-order valence-electron chi connectivity index (χ1n) is 5.55. The van der Waals surface area contributed by atoms with Crippen LogP contribution in [0.4, 0.5) is 8.78 Å². The molecule has 0 fully saturated rings. The highest BCUT2D eigenvalue weighted by molar-refractivity contribution is 5.35. The Morgan fingerprint density at radius 1 is 1.18 bits per heavy atom. The summed E-state index contributed by atoms with van der Waals surface area (Å²) in [5, 5.41) is 0. The van der Waals surface area contributed by atoms with Gasteiger partial charge >= 0.3 is 0 Å². The number of ether oxygens (including phenoxy) is 2. The third-order valence-electron chi connectivity index (χ3n) is 2.12. The van der Waals surface area contributed by atoms with Crippen LogP contribution in [0.2, 0.25) is 0 Å². The summed E-state index contributed by atoms with van der Waals surface area (Å²) in [6.07, 6.45) is 3.20. The number of hydrogen-bond acceptors (Lipinski definition) is 2.